The first-order valence-electron chi connectivity index (χ1n) is 8.43. The lowest BCUT2D eigenvalue weighted by atomic mass is 10.0. The standard InChI is InChI=1S/C18H23F4N2O/c1-3-4-5-13(2)23-8-10-24(11-9-23)17(25)15-12-14(19)6-7-16(15)18(20,21)22/h6-7,12-13H,1,3-5,8-11H2,2H3. The van der Waals surface area contributed by atoms with Gasteiger partial charge in [-0.2, -0.15) is 13.2 Å². The zero-order valence-corrected chi connectivity index (χ0v) is 14.3. The average Bonchev–Trinajstić information content (AvgIpc) is 2.58. The third-order valence-electron chi connectivity index (χ3n) is 4.61. The molecule has 1 unspecified atom stereocenters. The summed E-state index contributed by atoms with van der Waals surface area (Å²) in [7, 11) is 0. The number of alkyl halides is 3. The zero-order valence-electron chi connectivity index (χ0n) is 14.3. The number of halogens is 4. The molecule has 1 aliphatic rings. The molecule has 139 valence electrons. The Bertz CT molecular complexity index is 595. The second-order valence-electron chi connectivity index (χ2n) is 6.36. The van der Waals surface area contributed by atoms with Gasteiger partial charge < -0.3 is 4.90 Å². The van der Waals surface area contributed by atoms with Crippen molar-refractivity contribution < 1.29 is 22.4 Å². The summed E-state index contributed by atoms with van der Waals surface area (Å²) in [6.45, 7) is 7.78. The molecule has 0 spiro atoms. The molecule has 25 heavy (non-hydrogen) atoms. The molecule has 1 aliphatic heterocycles. The normalized spacial score (nSPS) is 17.6. The Labute approximate surface area is 145 Å². The van der Waals surface area contributed by atoms with Crippen LogP contribution in [0.4, 0.5) is 17.6 Å². The van der Waals surface area contributed by atoms with Crippen LogP contribution < -0.4 is 0 Å². The Morgan fingerprint density at radius 1 is 1.24 bits per heavy atom. The van der Waals surface area contributed by atoms with E-state index in [1.165, 1.54) is 4.90 Å². The fourth-order valence-corrected chi connectivity index (χ4v) is 3.10. The second kappa shape index (κ2) is 8.17. The summed E-state index contributed by atoms with van der Waals surface area (Å²) < 4.78 is 52.7. The van der Waals surface area contributed by atoms with Crippen molar-refractivity contribution in [3.63, 3.8) is 0 Å². The molecule has 1 fully saturated rings. The molecule has 0 aromatic heterocycles. The van der Waals surface area contributed by atoms with Gasteiger partial charge in [-0.25, -0.2) is 4.39 Å². The van der Waals surface area contributed by atoms with Gasteiger partial charge in [0, 0.05) is 32.2 Å². The minimum Gasteiger partial charge on any atom is -0.336 e. The van der Waals surface area contributed by atoms with E-state index in [0.717, 1.165) is 25.3 Å². The van der Waals surface area contributed by atoms with Gasteiger partial charge in [0.2, 0.25) is 0 Å². The number of nitrogens with zero attached hydrogens (tertiary/aromatic N) is 2. The van der Waals surface area contributed by atoms with E-state index < -0.39 is 29.0 Å². The first-order valence-corrected chi connectivity index (χ1v) is 8.43. The first-order chi connectivity index (χ1) is 11.7. The molecule has 3 nitrogen and oxygen atoms in total. The van der Waals surface area contributed by atoms with E-state index in [1.54, 1.807) is 0 Å². The van der Waals surface area contributed by atoms with Crippen molar-refractivity contribution in [2.45, 2.75) is 38.4 Å². The predicted molar refractivity (Wildman–Crippen MR) is 87.5 cm³/mol. The maximum absolute atomic E-state index is 13.4. The fourth-order valence-electron chi connectivity index (χ4n) is 3.10. The number of unbranched alkanes of at least 4 members (excludes halogenated alkanes) is 1. The monoisotopic (exact) mass is 359 g/mol. The van der Waals surface area contributed by atoms with Crippen LogP contribution in [0.5, 0.6) is 0 Å². The maximum atomic E-state index is 13.4. The lowest BCUT2D eigenvalue weighted by Gasteiger charge is -2.38. The molecule has 2 rings (SSSR count). The molecule has 1 amide bonds. The Kier molecular flexibility index (Phi) is 6.43. The highest BCUT2D eigenvalue weighted by Crippen LogP contribution is 2.33. The highest BCUT2D eigenvalue weighted by Gasteiger charge is 2.37. The van der Waals surface area contributed by atoms with Gasteiger partial charge in [0.15, 0.2) is 0 Å². The highest BCUT2D eigenvalue weighted by molar-refractivity contribution is 5.96. The number of hydrogen-bond acceptors (Lipinski definition) is 2. The van der Waals surface area contributed by atoms with E-state index in [1.807, 2.05) is 0 Å². The lowest BCUT2D eigenvalue weighted by Crippen LogP contribution is -2.51. The Hall–Kier alpha value is -1.63. The van der Waals surface area contributed by atoms with Crippen LogP contribution in [0.3, 0.4) is 0 Å². The first kappa shape index (κ1) is 19.7. The van der Waals surface area contributed by atoms with Crippen molar-refractivity contribution >= 4 is 5.91 Å². The maximum Gasteiger partial charge on any atom is 0.417 e. The van der Waals surface area contributed by atoms with Crippen molar-refractivity contribution in [3.05, 3.63) is 42.1 Å². The number of amides is 1. The van der Waals surface area contributed by atoms with Gasteiger partial charge in [0.25, 0.3) is 5.91 Å². The van der Waals surface area contributed by atoms with Gasteiger partial charge in [0.1, 0.15) is 5.82 Å². The van der Waals surface area contributed by atoms with Gasteiger partial charge in [-0.05, 0) is 31.5 Å². The summed E-state index contributed by atoms with van der Waals surface area (Å²) in [5.41, 5.74) is -1.71. The third-order valence-corrected chi connectivity index (χ3v) is 4.61. The van der Waals surface area contributed by atoms with Crippen LogP contribution in [0.25, 0.3) is 0 Å². The molecule has 1 radical (unpaired) electrons. The molecule has 0 N–H and O–H groups in total. The molecule has 1 aromatic carbocycles. The highest BCUT2D eigenvalue weighted by atomic mass is 19.4. The van der Waals surface area contributed by atoms with Crippen molar-refractivity contribution in [2.75, 3.05) is 26.2 Å². The molecule has 0 bridgehead atoms. The topological polar surface area (TPSA) is 23.6 Å². The summed E-state index contributed by atoms with van der Waals surface area (Å²) in [6.07, 6.45) is -1.82. The lowest BCUT2D eigenvalue weighted by molar-refractivity contribution is -0.138. The number of hydrogen-bond donors (Lipinski definition) is 0. The molecule has 0 aliphatic carbocycles. The minimum atomic E-state index is -4.69. The molecule has 1 aromatic rings. The minimum absolute atomic E-state index is 0.335. The van der Waals surface area contributed by atoms with Crippen LogP contribution in [-0.2, 0) is 6.18 Å². The van der Waals surface area contributed by atoms with Crippen LogP contribution >= 0.6 is 0 Å². The third kappa shape index (κ3) is 4.93. The summed E-state index contributed by atoms with van der Waals surface area (Å²) in [5.74, 6) is -1.62. The molecule has 1 saturated heterocycles. The summed E-state index contributed by atoms with van der Waals surface area (Å²) in [5, 5.41) is 0. The molecule has 7 heteroatoms. The van der Waals surface area contributed by atoms with E-state index >= 15 is 0 Å². The number of carbonyl (C=O) groups excluding carboxylic acids is 1. The zero-order chi connectivity index (χ0) is 18.6. The number of piperazine rings is 1. The molecule has 1 heterocycles. The van der Waals surface area contributed by atoms with E-state index in [-0.39, 0.29) is 0 Å². The van der Waals surface area contributed by atoms with Gasteiger partial charge in [-0.3, -0.25) is 9.69 Å². The fraction of sp³-hybridized carbons (Fsp3) is 0.556. The smallest absolute Gasteiger partial charge is 0.336 e. The van der Waals surface area contributed by atoms with Crippen LogP contribution in [0.2, 0.25) is 0 Å². The van der Waals surface area contributed by atoms with Crippen molar-refractivity contribution in [3.8, 4) is 0 Å². The molecular formula is C18H23F4N2O. The molecule has 1 atom stereocenters. The number of carbonyl (C=O) groups is 1. The Morgan fingerprint density at radius 3 is 2.44 bits per heavy atom. The van der Waals surface area contributed by atoms with Gasteiger partial charge in [0.05, 0.1) is 11.1 Å². The molecular weight excluding hydrogens is 336 g/mol. The van der Waals surface area contributed by atoms with Crippen LogP contribution in [-0.4, -0.2) is 47.9 Å². The molecule has 0 saturated carbocycles. The summed E-state index contributed by atoms with van der Waals surface area (Å²) in [4.78, 5) is 16.1. The van der Waals surface area contributed by atoms with Crippen LogP contribution in [0, 0.1) is 12.7 Å². The van der Waals surface area contributed by atoms with Gasteiger partial charge >= 0.3 is 6.18 Å². The van der Waals surface area contributed by atoms with Crippen LogP contribution in [0.1, 0.15) is 42.1 Å². The van der Waals surface area contributed by atoms with Crippen molar-refractivity contribution in [1.82, 2.24) is 9.80 Å². The van der Waals surface area contributed by atoms with E-state index in [2.05, 4.69) is 18.7 Å². The summed E-state index contributed by atoms with van der Waals surface area (Å²) >= 11 is 0. The van der Waals surface area contributed by atoms with E-state index in [9.17, 15) is 22.4 Å². The largest absolute Gasteiger partial charge is 0.417 e. The quantitative estimate of drug-likeness (QED) is 0.742. The van der Waals surface area contributed by atoms with E-state index in [4.69, 9.17) is 0 Å². The number of rotatable bonds is 5. The number of benzene rings is 1. The SMILES string of the molecule is [CH2]CCCC(C)N1CCN(C(=O)c2cc(F)ccc2C(F)(F)F)CC1. The van der Waals surface area contributed by atoms with Crippen LogP contribution in [0.15, 0.2) is 18.2 Å². The van der Waals surface area contributed by atoms with Gasteiger partial charge in [-0.15, -0.1) is 0 Å². The van der Waals surface area contributed by atoms with Gasteiger partial charge in [-0.1, -0.05) is 19.8 Å². The Morgan fingerprint density at radius 2 is 1.88 bits per heavy atom. The summed E-state index contributed by atoms with van der Waals surface area (Å²) in [6, 6.07) is 2.37. The predicted octanol–water partition coefficient (Wildman–Crippen LogP) is 4.00. The second-order valence-corrected chi connectivity index (χ2v) is 6.36. The van der Waals surface area contributed by atoms with Crippen molar-refractivity contribution in [1.29, 1.82) is 0 Å². The Balaban J connectivity index is 2.07. The average molecular weight is 359 g/mol. The van der Waals surface area contributed by atoms with Crippen molar-refractivity contribution in [2.24, 2.45) is 0 Å². The van der Waals surface area contributed by atoms with E-state index in [0.29, 0.717) is 44.4 Å².